The molecule has 0 atom stereocenters. The van der Waals surface area contributed by atoms with Gasteiger partial charge in [0.15, 0.2) is 5.69 Å². The summed E-state index contributed by atoms with van der Waals surface area (Å²) in [5.41, 5.74) is -0.142. The van der Waals surface area contributed by atoms with Crippen molar-refractivity contribution in [2.45, 2.75) is 33.2 Å². The third-order valence-electron chi connectivity index (χ3n) is 3.89. The topological polar surface area (TPSA) is 88.3 Å². The molecule has 0 saturated carbocycles. The number of hydrogen-bond acceptors (Lipinski definition) is 4. The molecule has 0 aliphatic carbocycles. The lowest BCUT2D eigenvalue weighted by Crippen LogP contribution is -2.41. The maximum Gasteiger partial charge on any atom is 0.358 e. The summed E-state index contributed by atoms with van der Waals surface area (Å²) in [5, 5.41) is 15.9. The Morgan fingerprint density at radius 3 is 2.55 bits per heavy atom. The van der Waals surface area contributed by atoms with E-state index in [2.05, 4.69) is 24.2 Å². The summed E-state index contributed by atoms with van der Waals surface area (Å²) in [6.07, 6.45) is 3.34. The Bertz CT molecular complexity index is 490. The van der Waals surface area contributed by atoms with Gasteiger partial charge in [0.1, 0.15) is 6.54 Å². The fourth-order valence-corrected chi connectivity index (χ4v) is 2.53. The van der Waals surface area contributed by atoms with E-state index in [1.54, 1.807) is 0 Å². The van der Waals surface area contributed by atoms with Gasteiger partial charge in [-0.15, -0.1) is 5.10 Å². The number of amides is 1. The second kappa shape index (κ2) is 6.02. The van der Waals surface area contributed by atoms with E-state index >= 15 is 0 Å². The molecule has 1 aliphatic heterocycles. The molecule has 0 aromatic carbocycles. The van der Waals surface area contributed by atoms with E-state index in [0.717, 1.165) is 25.9 Å². The van der Waals surface area contributed by atoms with Crippen LogP contribution in [0.3, 0.4) is 0 Å². The van der Waals surface area contributed by atoms with Crippen LogP contribution in [0.4, 0.5) is 0 Å². The first-order chi connectivity index (χ1) is 9.47. The van der Waals surface area contributed by atoms with E-state index in [9.17, 15) is 9.59 Å². The minimum Gasteiger partial charge on any atom is -0.476 e. The van der Waals surface area contributed by atoms with Crippen LogP contribution in [-0.2, 0) is 11.3 Å². The zero-order valence-corrected chi connectivity index (χ0v) is 11.8. The van der Waals surface area contributed by atoms with Gasteiger partial charge in [-0.2, -0.15) is 0 Å². The number of hydrogen-bond donors (Lipinski definition) is 1. The van der Waals surface area contributed by atoms with E-state index in [0.29, 0.717) is 11.8 Å². The fraction of sp³-hybridized carbons (Fsp3) is 0.692. The quantitative estimate of drug-likeness (QED) is 0.884. The van der Waals surface area contributed by atoms with Gasteiger partial charge in [0.2, 0.25) is 5.91 Å². The van der Waals surface area contributed by atoms with Crippen LogP contribution in [0.2, 0.25) is 0 Å². The normalized spacial score (nSPS) is 16.6. The van der Waals surface area contributed by atoms with Crippen molar-refractivity contribution in [1.82, 2.24) is 19.9 Å². The number of likely N-dealkylation sites (tertiary alicyclic amines) is 1. The van der Waals surface area contributed by atoms with Crippen molar-refractivity contribution < 1.29 is 14.7 Å². The van der Waals surface area contributed by atoms with E-state index < -0.39 is 5.97 Å². The van der Waals surface area contributed by atoms with Crippen molar-refractivity contribution in [3.8, 4) is 0 Å². The van der Waals surface area contributed by atoms with Crippen LogP contribution in [0.25, 0.3) is 0 Å². The molecule has 20 heavy (non-hydrogen) atoms. The molecule has 1 saturated heterocycles. The third kappa shape index (κ3) is 3.34. The highest BCUT2D eigenvalue weighted by Crippen LogP contribution is 2.24. The van der Waals surface area contributed by atoms with Gasteiger partial charge in [-0.25, -0.2) is 9.48 Å². The zero-order chi connectivity index (χ0) is 14.7. The zero-order valence-electron chi connectivity index (χ0n) is 11.8. The van der Waals surface area contributed by atoms with E-state index in [1.807, 2.05) is 4.90 Å². The molecule has 0 radical (unpaired) electrons. The Kier molecular flexibility index (Phi) is 4.36. The highest BCUT2D eigenvalue weighted by molar-refractivity contribution is 5.84. The number of carbonyl (C=O) groups is 2. The monoisotopic (exact) mass is 280 g/mol. The number of carboxylic acid groups (broad SMARTS) is 1. The Labute approximate surface area is 117 Å². The van der Waals surface area contributed by atoms with Gasteiger partial charge in [-0.05, 0) is 24.7 Å². The molecule has 2 heterocycles. The summed E-state index contributed by atoms with van der Waals surface area (Å²) in [6.45, 7) is 6.01. The lowest BCUT2D eigenvalue weighted by Gasteiger charge is -2.33. The Morgan fingerprint density at radius 1 is 1.40 bits per heavy atom. The molecule has 110 valence electrons. The standard InChI is InChI=1S/C13H20N4O3/c1-9(2)10-3-5-16(6-4-10)12(18)8-17-7-11(13(19)20)14-15-17/h7,9-10H,3-6,8H2,1-2H3,(H,19,20). The van der Waals surface area contributed by atoms with Crippen LogP contribution in [-0.4, -0.2) is 50.0 Å². The Hall–Kier alpha value is -1.92. The van der Waals surface area contributed by atoms with Crippen LogP contribution in [0, 0.1) is 11.8 Å². The predicted octanol–water partition coefficient (Wildman–Crippen LogP) is 0.871. The molecule has 1 fully saturated rings. The average molecular weight is 280 g/mol. The molecule has 1 aliphatic rings. The summed E-state index contributed by atoms with van der Waals surface area (Å²) in [5.74, 6) is 0.167. The van der Waals surface area contributed by atoms with E-state index in [1.165, 1.54) is 10.9 Å². The average Bonchev–Trinajstić information content (AvgIpc) is 2.87. The van der Waals surface area contributed by atoms with Gasteiger partial charge in [-0.1, -0.05) is 19.1 Å². The van der Waals surface area contributed by atoms with Crippen LogP contribution in [0.1, 0.15) is 37.2 Å². The Morgan fingerprint density at radius 2 is 2.05 bits per heavy atom. The predicted molar refractivity (Wildman–Crippen MR) is 71.1 cm³/mol. The summed E-state index contributed by atoms with van der Waals surface area (Å²) >= 11 is 0. The highest BCUT2D eigenvalue weighted by atomic mass is 16.4. The molecule has 7 heteroatoms. The van der Waals surface area contributed by atoms with Crippen molar-refractivity contribution in [3.63, 3.8) is 0 Å². The third-order valence-corrected chi connectivity index (χ3v) is 3.89. The van der Waals surface area contributed by atoms with Crippen molar-refractivity contribution in [1.29, 1.82) is 0 Å². The van der Waals surface area contributed by atoms with Crippen LogP contribution >= 0.6 is 0 Å². The summed E-state index contributed by atoms with van der Waals surface area (Å²) in [7, 11) is 0. The second-order valence-electron chi connectivity index (χ2n) is 5.57. The second-order valence-corrected chi connectivity index (χ2v) is 5.57. The van der Waals surface area contributed by atoms with Crippen LogP contribution < -0.4 is 0 Å². The fourth-order valence-electron chi connectivity index (χ4n) is 2.53. The summed E-state index contributed by atoms with van der Waals surface area (Å²) < 4.78 is 1.28. The molecule has 7 nitrogen and oxygen atoms in total. The molecule has 0 bridgehead atoms. The number of nitrogens with zero attached hydrogens (tertiary/aromatic N) is 4. The first-order valence-electron chi connectivity index (χ1n) is 6.88. The Balaban J connectivity index is 1.87. The highest BCUT2D eigenvalue weighted by Gasteiger charge is 2.24. The smallest absolute Gasteiger partial charge is 0.358 e. The van der Waals surface area contributed by atoms with Crippen molar-refractivity contribution >= 4 is 11.9 Å². The van der Waals surface area contributed by atoms with E-state index in [4.69, 9.17) is 5.11 Å². The number of carboxylic acids is 1. The summed E-state index contributed by atoms with van der Waals surface area (Å²) in [4.78, 5) is 24.6. The summed E-state index contributed by atoms with van der Waals surface area (Å²) in [6, 6.07) is 0. The van der Waals surface area contributed by atoms with Crippen molar-refractivity contribution in [2.24, 2.45) is 11.8 Å². The maximum atomic E-state index is 12.1. The molecular weight excluding hydrogens is 260 g/mol. The first-order valence-corrected chi connectivity index (χ1v) is 6.88. The van der Waals surface area contributed by atoms with Crippen molar-refractivity contribution in [2.75, 3.05) is 13.1 Å². The van der Waals surface area contributed by atoms with Gasteiger partial charge in [0.25, 0.3) is 0 Å². The minimum atomic E-state index is -1.14. The van der Waals surface area contributed by atoms with Gasteiger partial charge >= 0.3 is 5.97 Å². The SMILES string of the molecule is CC(C)C1CCN(C(=O)Cn2cc(C(=O)O)nn2)CC1. The van der Waals surface area contributed by atoms with E-state index in [-0.39, 0.29) is 18.1 Å². The maximum absolute atomic E-state index is 12.1. The van der Waals surface area contributed by atoms with Crippen LogP contribution in [0.15, 0.2) is 6.20 Å². The number of aromatic nitrogens is 3. The minimum absolute atomic E-state index is 0.0333. The van der Waals surface area contributed by atoms with Gasteiger partial charge in [-0.3, -0.25) is 4.79 Å². The number of aromatic carboxylic acids is 1. The molecule has 1 amide bonds. The molecule has 1 aromatic heterocycles. The van der Waals surface area contributed by atoms with Crippen molar-refractivity contribution in [3.05, 3.63) is 11.9 Å². The van der Waals surface area contributed by atoms with Gasteiger partial charge in [0, 0.05) is 13.1 Å². The molecule has 2 rings (SSSR count). The number of piperidine rings is 1. The molecule has 1 aromatic rings. The molecule has 0 spiro atoms. The molecular formula is C13H20N4O3. The van der Waals surface area contributed by atoms with Gasteiger partial charge < -0.3 is 10.0 Å². The largest absolute Gasteiger partial charge is 0.476 e. The number of rotatable bonds is 4. The molecule has 1 N–H and O–H groups in total. The lowest BCUT2D eigenvalue weighted by atomic mass is 9.87. The van der Waals surface area contributed by atoms with Crippen LogP contribution in [0.5, 0.6) is 0 Å². The molecule has 0 unspecified atom stereocenters. The number of carbonyl (C=O) groups excluding carboxylic acids is 1. The lowest BCUT2D eigenvalue weighted by molar-refractivity contribution is -0.133. The van der Waals surface area contributed by atoms with Gasteiger partial charge in [0.05, 0.1) is 6.20 Å². The first kappa shape index (κ1) is 14.5.